The molecular weight excluding hydrogens is 351 g/mol. The van der Waals surface area contributed by atoms with Crippen molar-refractivity contribution in [1.29, 1.82) is 0 Å². The number of amides is 1. The Kier molecular flexibility index (Phi) is 5.52. The minimum Gasteiger partial charge on any atom is -0.497 e. The van der Waals surface area contributed by atoms with E-state index in [0.29, 0.717) is 23.6 Å². The van der Waals surface area contributed by atoms with Crippen LogP contribution in [0.25, 0.3) is 11.0 Å². The second kappa shape index (κ2) is 8.01. The Morgan fingerprint density at radius 2 is 2.04 bits per heavy atom. The lowest BCUT2D eigenvalue weighted by molar-refractivity contribution is -0.117. The maximum Gasteiger partial charge on any atom is 0.336 e. The lowest BCUT2D eigenvalue weighted by Crippen LogP contribution is -2.30. The number of carbonyl (C=O) groups is 1. The second-order valence-corrected chi connectivity index (χ2v) is 6.18. The number of ether oxygens (including phenoxy) is 1. The summed E-state index contributed by atoms with van der Waals surface area (Å²) in [5, 5.41) is 3.42. The molecule has 3 rings (SSSR count). The molecule has 3 aromatic rings. The molecule has 0 aliphatic rings. The Morgan fingerprint density at radius 1 is 1.22 bits per heavy atom. The highest BCUT2D eigenvalue weighted by Gasteiger charge is 2.12. The molecule has 1 aromatic heterocycles. The molecule has 2 aromatic carbocycles. The number of rotatable bonds is 6. The van der Waals surface area contributed by atoms with E-state index in [2.05, 4.69) is 5.32 Å². The molecule has 1 heterocycles. The number of methoxy groups -OCH3 is 1. The molecule has 0 saturated heterocycles. The zero-order valence-electron chi connectivity index (χ0n) is 15.0. The van der Waals surface area contributed by atoms with Crippen molar-refractivity contribution in [2.45, 2.75) is 6.54 Å². The van der Waals surface area contributed by atoms with Gasteiger partial charge in [-0.2, -0.15) is 0 Å². The van der Waals surface area contributed by atoms with Crippen molar-refractivity contribution in [1.82, 2.24) is 4.90 Å². The van der Waals surface area contributed by atoms with Gasteiger partial charge in [-0.1, -0.05) is 6.07 Å². The maximum atomic E-state index is 13.2. The second-order valence-electron chi connectivity index (χ2n) is 6.18. The average molecular weight is 370 g/mol. The molecule has 27 heavy (non-hydrogen) atoms. The van der Waals surface area contributed by atoms with Gasteiger partial charge in [-0.15, -0.1) is 0 Å². The number of benzene rings is 2. The first kappa shape index (κ1) is 18.6. The van der Waals surface area contributed by atoms with Crippen molar-refractivity contribution in [3.63, 3.8) is 0 Å². The van der Waals surface area contributed by atoms with E-state index in [9.17, 15) is 14.0 Å². The van der Waals surface area contributed by atoms with Crippen molar-refractivity contribution < 1.29 is 18.3 Å². The number of nitrogens with zero attached hydrogens (tertiary/aromatic N) is 1. The fourth-order valence-corrected chi connectivity index (χ4v) is 2.83. The van der Waals surface area contributed by atoms with Crippen LogP contribution in [-0.4, -0.2) is 31.5 Å². The van der Waals surface area contributed by atoms with Gasteiger partial charge >= 0.3 is 5.63 Å². The van der Waals surface area contributed by atoms with E-state index in [1.807, 2.05) is 6.07 Å². The zero-order valence-corrected chi connectivity index (χ0v) is 15.0. The van der Waals surface area contributed by atoms with Gasteiger partial charge in [0.15, 0.2) is 0 Å². The van der Waals surface area contributed by atoms with Gasteiger partial charge in [0.25, 0.3) is 0 Å². The fraction of sp³-hybridized carbons (Fsp3) is 0.200. The smallest absolute Gasteiger partial charge is 0.336 e. The Labute approximate surface area is 155 Å². The van der Waals surface area contributed by atoms with Gasteiger partial charge in [-0.3, -0.25) is 9.69 Å². The average Bonchev–Trinajstić information content (AvgIpc) is 2.60. The highest BCUT2D eigenvalue weighted by Crippen LogP contribution is 2.23. The van der Waals surface area contributed by atoms with Crippen molar-refractivity contribution in [3.8, 4) is 5.75 Å². The molecule has 0 aliphatic heterocycles. The van der Waals surface area contributed by atoms with Crippen LogP contribution in [-0.2, 0) is 11.3 Å². The van der Waals surface area contributed by atoms with Gasteiger partial charge in [-0.25, -0.2) is 9.18 Å². The van der Waals surface area contributed by atoms with Gasteiger partial charge in [0.2, 0.25) is 5.91 Å². The Balaban J connectivity index is 1.72. The summed E-state index contributed by atoms with van der Waals surface area (Å²) in [7, 11) is 3.29. The van der Waals surface area contributed by atoms with Crippen LogP contribution in [0.2, 0.25) is 0 Å². The van der Waals surface area contributed by atoms with Gasteiger partial charge in [0, 0.05) is 29.8 Å². The molecule has 0 bridgehead atoms. The van der Waals surface area contributed by atoms with Crippen LogP contribution in [0.15, 0.2) is 57.7 Å². The van der Waals surface area contributed by atoms with E-state index < -0.39 is 11.4 Å². The SMILES string of the molecule is COc1ccc2c(CN(C)CC(=O)Nc3cccc(F)c3)cc(=O)oc2c1. The highest BCUT2D eigenvalue weighted by atomic mass is 19.1. The molecule has 140 valence electrons. The number of hydrogen-bond acceptors (Lipinski definition) is 5. The predicted octanol–water partition coefficient (Wildman–Crippen LogP) is 3.01. The Bertz CT molecular complexity index is 1030. The molecule has 1 N–H and O–H groups in total. The van der Waals surface area contributed by atoms with Gasteiger partial charge in [0.05, 0.1) is 13.7 Å². The number of carbonyl (C=O) groups excluding carboxylic acids is 1. The largest absolute Gasteiger partial charge is 0.497 e. The summed E-state index contributed by atoms with van der Waals surface area (Å²) in [6, 6.07) is 12.4. The van der Waals surface area contributed by atoms with E-state index in [1.165, 1.54) is 31.4 Å². The first-order valence-corrected chi connectivity index (χ1v) is 8.29. The summed E-state index contributed by atoms with van der Waals surface area (Å²) in [5.74, 6) is -0.110. The van der Waals surface area contributed by atoms with E-state index in [1.54, 1.807) is 30.1 Å². The quantitative estimate of drug-likeness (QED) is 0.676. The molecule has 7 heteroatoms. The number of hydrogen-bond donors (Lipinski definition) is 1. The third-order valence-corrected chi connectivity index (χ3v) is 4.00. The van der Waals surface area contributed by atoms with E-state index in [0.717, 1.165) is 10.9 Å². The van der Waals surface area contributed by atoms with Crippen LogP contribution in [0, 0.1) is 5.82 Å². The van der Waals surface area contributed by atoms with E-state index in [4.69, 9.17) is 9.15 Å². The number of anilines is 1. The lowest BCUT2D eigenvalue weighted by atomic mass is 10.1. The van der Waals surface area contributed by atoms with Crippen LogP contribution in [0.3, 0.4) is 0 Å². The summed E-state index contributed by atoms with van der Waals surface area (Å²) in [6.07, 6.45) is 0. The minimum absolute atomic E-state index is 0.0778. The van der Waals surface area contributed by atoms with Crippen LogP contribution in [0.1, 0.15) is 5.56 Å². The molecule has 0 radical (unpaired) electrons. The summed E-state index contributed by atoms with van der Waals surface area (Å²) in [4.78, 5) is 25.8. The normalized spacial score (nSPS) is 11.0. The van der Waals surface area contributed by atoms with Gasteiger partial charge in [-0.05, 0) is 42.9 Å². The molecule has 0 unspecified atom stereocenters. The molecular formula is C20H19FN2O4. The molecule has 0 spiro atoms. The maximum absolute atomic E-state index is 13.2. The molecule has 6 nitrogen and oxygen atoms in total. The minimum atomic E-state index is -0.469. The van der Waals surface area contributed by atoms with Crippen LogP contribution >= 0.6 is 0 Å². The Morgan fingerprint density at radius 3 is 2.78 bits per heavy atom. The summed E-state index contributed by atoms with van der Waals surface area (Å²) in [5.41, 5.74) is 1.09. The van der Waals surface area contributed by atoms with Crippen molar-refractivity contribution in [3.05, 3.63) is 70.3 Å². The summed E-state index contributed by atoms with van der Waals surface area (Å²) < 4.78 is 23.6. The van der Waals surface area contributed by atoms with E-state index in [-0.39, 0.29) is 12.5 Å². The van der Waals surface area contributed by atoms with Crippen LogP contribution < -0.4 is 15.7 Å². The molecule has 0 fully saturated rings. The topological polar surface area (TPSA) is 71.8 Å². The van der Waals surface area contributed by atoms with E-state index >= 15 is 0 Å². The molecule has 0 saturated carbocycles. The standard InChI is InChI=1S/C20H19FN2O4/c1-23(12-19(24)22-15-5-3-4-14(21)9-15)11-13-8-20(25)27-18-10-16(26-2)6-7-17(13)18/h3-10H,11-12H2,1-2H3,(H,22,24). The van der Waals surface area contributed by atoms with Gasteiger partial charge in [0.1, 0.15) is 17.1 Å². The number of nitrogens with one attached hydrogen (secondary N) is 1. The summed E-state index contributed by atoms with van der Waals surface area (Å²) >= 11 is 0. The lowest BCUT2D eigenvalue weighted by Gasteiger charge is -2.17. The first-order valence-electron chi connectivity index (χ1n) is 8.29. The Hall–Kier alpha value is -3.19. The van der Waals surface area contributed by atoms with Crippen LogP contribution in [0.5, 0.6) is 5.75 Å². The predicted molar refractivity (Wildman–Crippen MR) is 100 cm³/mol. The summed E-state index contributed by atoms with van der Waals surface area (Å²) in [6.45, 7) is 0.444. The third kappa shape index (κ3) is 4.71. The van der Waals surface area contributed by atoms with Crippen molar-refractivity contribution in [2.24, 2.45) is 0 Å². The molecule has 0 aliphatic carbocycles. The number of likely N-dealkylation sites (N-methyl/N-ethyl adjacent to an activating group) is 1. The monoisotopic (exact) mass is 370 g/mol. The molecule has 1 amide bonds. The number of fused-ring (bicyclic) bond motifs is 1. The van der Waals surface area contributed by atoms with Crippen molar-refractivity contribution in [2.75, 3.05) is 26.0 Å². The highest BCUT2D eigenvalue weighted by molar-refractivity contribution is 5.92. The molecule has 0 atom stereocenters. The third-order valence-electron chi connectivity index (χ3n) is 4.00. The fourth-order valence-electron chi connectivity index (χ4n) is 2.83. The van der Waals surface area contributed by atoms with Crippen LogP contribution in [0.4, 0.5) is 10.1 Å². The number of halogens is 1. The van der Waals surface area contributed by atoms with Gasteiger partial charge < -0.3 is 14.5 Å². The van der Waals surface area contributed by atoms with Crippen molar-refractivity contribution >= 4 is 22.6 Å². The first-order chi connectivity index (χ1) is 12.9. The zero-order chi connectivity index (χ0) is 19.4.